The van der Waals surface area contributed by atoms with Gasteiger partial charge in [-0.15, -0.1) is 0 Å². The fourth-order valence-electron chi connectivity index (χ4n) is 4.39. The van der Waals surface area contributed by atoms with Gasteiger partial charge in [0.1, 0.15) is 13.2 Å². The summed E-state index contributed by atoms with van der Waals surface area (Å²) in [6, 6.07) is 5.80. The van der Waals surface area contributed by atoms with Crippen molar-refractivity contribution in [2.24, 2.45) is 5.14 Å². The van der Waals surface area contributed by atoms with E-state index in [1.165, 1.54) is 4.31 Å². The van der Waals surface area contributed by atoms with Gasteiger partial charge in [0.25, 0.3) is 10.2 Å². The third kappa shape index (κ3) is 3.39. The van der Waals surface area contributed by atoms with Gasteiger partial charge >= 0.3 is 0 Å². The highest BCUT2D eigenvalue weighted by molar-refractivity contribution is 7.86. The first-order valence-electron chi connectivity index (χ1n) is 9.37. The molecule has 9 heteroatoms. The number of fused-ring (bicyclic) bond motifs is 1. The molecule has 27 heavy (non-hydrogen) atoms. The maximum atomic E-state index is 13.5. The molecule has 1 aromatic carbocycles. The maximum absolute atomic E-state index is 13.5. The van der Waals surface area contributed by atoms with Crippen LogP contribution in [0.5, 0.6) is 11.5 Å². The van der Waals surface area contributed by atoms with Crippen LogP contribution in [-0.2, 0) is 20.4 Å². The van der Waals surface area contributed by atoms with E-state index in [1.54, 1.807) is 4.90 Å². The molecule has 0 radical (unpaired) electrons. The van der Waals surface area contributed by atoms with Crippen molar-refractivity contribution in [2.45, 2.75) is 31.1 Å². The zero-order chi connectivity index (χ0) is 19.1. The number of ether oxygens (including phenoxy) is 2. The zero-order valence-corrected chi connectivity index (χ0v) is 16.0. The smallest absolute Gasteiger partial charge is 0.277 e. The highest BCUT2D eigenvalue weighted by Crippen LogP contribution is 2.45. The summed E-state index contributed by atoms with van der Waals surface area (Å²) >= 11 is 0. The maximum Gasteiger partial charge on any atom is 0.277 e. The number of carbonyl (C=O) groups is 1. The minimum atomic E-state index is -3.71. The summed E-state index contributed by atoms with van der Waals surface area (Å²) in [6.45, 7) is 2.24. The molecular weight excluding hydrogens is 370 g/mol. The second kappa shape index (κ2) is 6.96. The van der Waals surface area contributed by atoms with Crippen molar-refractivity contribution in [3.63, 3.8) is 0 Å². The number of rotatable bonds is 3. The highest BCUT2D eigenvalue weighted by Gasteiger charge is 2.46. The monoisotopic (exact) mass is 395 g/mol. The molecule has 0 unspecified atom stereocenters. The molecule has 0 spiro atoms. The number of amides is 1. The number of benzene rings is 1. The van der Waals surface area contributed by atoms with E-state index in [2.05, 4.69) is 0 Å². The molecule has 148 valence electrons. The van der Waals surface area contributed by atoms with Crippen molar-refractivity contribution >= 4 is 16.1 Å². The molecule has 1 amide bonds. The van der Waals surface area contributed by atoms with Crippen LogP contribution in [0.15, 0.2) is 18.2 Å². The van der Waals surface area contributed by atoms with Crippen LogP contribution >= 0.6 is 0 Å². The SMILES string of the molecule is NS(=O)(=O)N1CCN(C(=O)C2(c3ccc4c(c3)OCCO4)CCCC2)CC1. The summed E-state index contributed by atoms with van der Waals surface area (Å²) in [5.41, 5.74) is 0.391. The first-order valence-corrected chi connectivity index (χ1v) is 10.9. The summed E-state index contributed by atoms with van der Waals surface area (Å²) in [5.74, 6) is 1.48. The van der Waals surface area contributed by atoms with Gasteiger partial charge in [0.05, 0.1) is 5.41 Å². The Morgan fingerprint density at radius 3 is 2.26 bits per heavy atom. The lowest BCUT2D eigenvalue weighted by molar-refractivity contribution is -0.138. The third-order valence-electron chi connectivity index (χ3n) is 5.85. The zero-order valence-electron chi connectivity index (χ0n) is 15.2. The number of carbonyl (C=O) groups excluding carboxylic acids is 1. The summed E-state index contributed by atoms with van der Waals surface area (Å²) in [7, 11) is -3.71. The van der Waals surface area contributed by atoms with E-state index in [-0.39, 0.29) is 19.0 Å². The molecule has 2 N–H and O–H groups in total. The van der Waals surface area contributed by atoms with Crippen molar-refractivity contribution in [1.82, 2.24) is 9.21 Å². The average Bonchev–Trinajstić information content (AvgIpc) is 3.17. The molecule has 8 nitrogen and oxygen atoms in total. The van der Waals surface area contributed by atoms with E-state index >= 15 is 0 Å². The van der Waals surface area contributed by atoms with E-state index in [9.17, 15) is 13.2 Å². The van der Waals surface area contributed by atoms with E-state index in [4.69, 9.17) is 14.6 Å². The molecular formula is C18H25N3O5S. The minimum absolute atomic E-state index is 0.0748. The Bertz CT molecular complexity index is 827. The molecule has 4 rings (SSSR count). The lowest BCUT2D eigenvalue weighted by Gasteiger charge is -2.39. The molecule has 0 bridgehead atoms. The Morgan fingerprint density at radius 1 is 1.00 bits per heavy atom. The van der Waals surface area contributed by atoms with Crippen LogP contribution in [-0.4, -0.2) is 62.9 Å². The number of nitrogens with zero attached hydrogens (tertiary/aromatic N) is 2. The molecule has 3 aliphatic rings. The predicted octanol–water partition coefficient (Wildman–Crippen LogP) is 0.617. The van der Waals surface area contributed by atoms with Crippen molar-refractivity contribution in [1.29, 1.82) is 0 Å². The Labute approximate surface area is 159 Å². The summed E-state index contributed by atoms with van der Waals surface area (Å²) in [4.78, 5) is 15.3. The van der Waals surface area contributed by atoms with Gasteiger partial charge in [0, 0.05) is 26.2 Å². The Balaban J connectivity index is 1.58. The fourth-order valence-corrected chi connectivity index (χ4v) is 5.07. The van der Waals surface area contributed by atoms with Gasteiger partial charge in [-0.2, -0.15) is 12.7 Å². The molecule has 1 saturated heterocycles. The Morgan fingerprint density at radius 2 is 1.63 bits per heavy atom. The van der Waals surface area contributed by atoms with Crippen LogP contribution in [0.4, 0.5) is 0 Å². The van der Waals surface area contributed by atoms with Gasteiger partial charge in [-0.25, -0.2) is 5.14 Å². The van der Waals surface area contributed by atoms with E-state index in [1.807, 2.05) is 18.2 Å². The molecule has 0 atom stereocenters. The van der Waals surface area contributed by atoms with E-state index in [0.29, 0.717) is 37.8 Å². The normalized spacial score (nSPS) is 22.6. The first kappa shape index (κ1) is 18.5. The van der Waals surface area contributed by atoms with E-state index in [0.717, 1.165) is 31.2 Å². The van der Waals surface area contributed by atoms with E-state index < -0.39 is 15.6 Å². The largest absolute Gasteiger partial charge is 0.486 e. The average molecular weight is 395 g/mol. The van der Waals surface area contributed by atoms with Gasteiger partial charge < -0.3 is 14.4 Å². The predicted molar refractivity (Wildman–Crippen MR) is 98.8 cm³/mol. The lowest BCUT2D eigenvalue weighted by atomic mass is 9.77. The topological polar surface area (TPSA) is 102 Å². The first-order chi connectivity index (χ1) is 12.9. The van der Waals surface area contributed by atoms with Gasteiger partial charge in [-0.3, -0.25) is 4.79 Å². The van der Waals surface area contributed by atoms with Crippen LogP contribution in [0.3, 0.4) is 0 Å². The third-order valence-corrected chi connectivity index (χ3v) is 6.93. The van der Waals surface area contributed by atoms with Gasteiger partial charge in [0.2, 0.25) is 5.91 Å². The molecule has 1 aliphatic carbocycles. The van der Waals surface area contributed by atoms with Gasteiger partial charge in [-0.1, -0.05) is 18.9 Å². The standard InChI is InChI=1S/C18H25N3O5S/c19-27(23,24)21-9-7-20(8-10-21)17(22)18(5-1-2-6-18)14-3-4-15-16(13-14)26-12-11-25-15/h3-4,13H,1-2,5-12H2,(H2,19,23,24). The summed E-state index contributed by atoms with van der Waals surface area (Å²) in [6.07, 6.45) is 3.58. The molecule has 2 aliphatic heterocycles. The van der Waals surface area contributed by atoms with Crippen molar-refractivity contribution in [3.8, 4) is 11.5 Å². The van der Waals surface area contributed by atoms with Crippen LogP contribution in [0.25, 0.3) is 0 Å². The van der Waals surface area contributed by atoms with Crippen molar-refractivity contribution in [2.75, 3.05) is 39.4 Å². The lowest BCUT2D eigenvalue weighted by Crippen LogP contribution is -2.56. The summed E-state index contributed by atoms with van der Waals surface area (Å²) in [5, 5.41) is 5.20. The van der Waals surface area contributed by atoms with Crippen molar-refractivity contribution in [3.05, 3.63) is 23.8 Å². The van der Waals surface area contributed by atoms with Crippen LogP contribution < -0.4 is 14.6 Å². The quantitative estimate of drug-likeness (QED) is 0.808. The summed E-state index contributed by atoms with van der Waals surface area (Å²) < 4.78 is 35.6. The second-order valence-electron chi connectivity index (χ2n) is 7.38. The van der Waals surface area contributed by atoms with Crippen molar-refractivity contribution < 1.29 is 22.7 Å². The van der Waals surface area contributed by atoms with Crippen LogP contribution in [0, 0.1) is 0 Å². The van der Waals surface area contributed by atoms with Gasteiger partial charge in [-0.05, 0) is 30.5 Å². The molecule has 2 fully saturated rings. The fraction of sp³-hybridized carbons (Fsp3) is 0.611. The van der Waals surface area contributed by atoms with Gasteiger partial charge in [0.15, 0.2) is 11.5 Å². The molecule has 2 heterocycles. The Kier molecular flexibility index (Phi) is 4.77. The number of nitrogens with two attached hydrogens (primary N) is 1. The second-order valence-corrected chi connectivity index (χ2v) is 8.93. The number of hydrogen-bond acceptors (Lipinski definition) is 5. The van der Waals surface area contributed by atoms with Crippen LogP contribution in [0.1, 0.15) is 31.2 Å². The highest BCUT2D eigenvalue weighted by atomic mass is 32.2. The molecule has 1 aromatic rings. The van der Waals surface area contributed by atoms with Crippen LogP contribution in [0.2, 0.25) is 0 Å². The number of hydrogen-bond donors (Lipinski definition) is 1. The number of piperazine rings is 1. The minimum Gasteiger partial charge on any atom is -0.486 e. The Hall–Kier alpha value is -1.84. The molecule has 1 saturated carbocycles. The molecule has 0 aromatic heterocycles.